The van der Waals surface area contributed by atoms with E-state index < -0.39 is 5.92 Å². The third kappa shape index (κ3) is 2.41. The van der Waals surface area contributed by atoms with Crippen LogP contribution in [-0.4, -0.2) is 29.5 Å². The molecule has 0 aliphatic carbocycles. The molecule has 0 bridgehead atoms. The van der Waals surface area contributed by atoms with Crippen LogP contribution < -0.4 is 0 Å². The van der Waals surface area contributed by atoms with Gasteiger partial charge in [-0.3, -0.25) is 4.90 Å². The van der Waals surface area contributed by atoms with Crippen molar-refractivity contribution in [3.63, 3.8) is 0 Å². The Morgan fingerprint density at radius 3 is 1.83 bits per heavy atom. The molecule has 1 nitrogen and oxygen atoms in total. The number of likely N-dealkylation sites (tertiary alicyclic amines) is 1. The molecule has 0 saturated carbocycles. The van der Waals surface area contributed by atoms with E-state index in [1.807, 2.05) is 0 Å². The van der Waals surface area contributed by atoms with Gasteiger partial charge < -0.3 is 0 Å². The summed E-state index contributed by atoms with van der Waals surface area (Å²) in [4.78, 5) is 2.12. The van der Waals surface area contributed by atoms with Gasteiger partial charge in [-0.2, -0.15) is 0 Å². The molecule has 1 aliphatic heterocycles. The number of alkyl halides is 2. The fraction of sp³-hybridized carbons (Fsp3) is 1.00. The molecule has 0 aromatic carbocycles. The summed E-state index contributed by atoms with van der Waals surface area (Å²) in [5, 5.41) is 0. The zero-order valence-electron chi connectivity index (χ0n) is 8.03. The molecule has 12 heavy (non-hydrogen) atoms. The Morgan fingerprint density at radius 2 is 1.50 bits per heavy atom. The van der Waals surface area contributed by atoms with Crippen LogP contribution in [0.25, 0.3) is 0 Å². The van der Waals surface area contributed by atoms with Crippen molar-refractivity contribution in [2.75, 3.05) is 13.1 Å². The van der Waals surface area contributed by atoms with E-state index in [0.717, 1.165) is 0 Å². The highest BCUT2D eigenvalue weighted by atomic mass is 19.3. The second-order valence-corrected chi connectivity index (χ2v) is 4.51. The molecular weight excluding hydrogens is 160 g/mol. The van der Waals surface area contributed by atoms with Crippen molar-refractivity contribution in [2.45, 2.75) is 45.1 Å². The van der Waals surface area contributed by atoms with Gasteiger partial charge in [-0.05, 0) is 20.8 Å². The van der Waals surface area contributed by atoms with Gasteiger partial charge in [0.25, 0.3) is 5.92 Å². The molecule has 0 radical (unpaired) electrons. The molecule has 0 spiro atoms. The average Bonchev–Trinajstić information content (AvgIpc) is 1.83. The topological polar surface area (TPSA) is 3.24 Å². The second-order valence-electron chi connectivity index (χ2n) is 4.51. The van der Waals surface area contributed by atoms with E-state index in [4.69, 9.17) is 0 Å². The van der Waals surface area contributed by atoms with Gasteiger partial charge in [0.2, 0.25) is 0 Å². The minimum Gasteiger partial charge on any atom is -0.298 e. The van der Waals surface area contributed by atoms with Crippen LogP contribution in [0.2, 0.25) is 0 Å². The first-order chi connectivity index (χ1) is 5.31. The fourth-order valence-corrected chi connectivity index (χ4v) is 1.50. The minimum atomic E-state index is -2.41. The van der Waals surface area contributed by atoms with Crippen molar-refractivity contribution in [1.82, 2.24) is 4.90 Å². The highest BCUT2D eigenvalue weighted by Crippen LogP contribution is 2.30. The fourth-order valence-electron chi connectivity index (χ4n) is 1.50. The highest BCUT2D eigenvalue weighted by molar-refractivity contribution is 4.84. The van der Waals surface area contributed by atoms with Crippen molar-refractivity contribution in [2.24, 2.45) is 0 Å². The summed E-state index contributed by atoms with van der Waals surface area (Å²) in [5.41, 5.74) is 0.0382. The van der Waals surface area contributed by atoms with Crippen molar-refractivity contribution in [3.8, 4) is 0 Å². The van der Waals surface area contributed by atoms with Gasteiger partial charge in [0.1, 0.15) is 0 Å². The van der Waals surface area contributed by atoms with Gasteiger partial charge in [0, 0.05) is 31.5 Å². The van der Waals surface area contributed by atoms with Crippen molar-refractivity contribution in [1.29, 1.82) is 0 Å². The zero-order valence-corrected chi connectivity index (χ0v) is 8.03. The van der Waals surface area contributed by atoms with Gasteiger partial charge >= 0.3 is 0 Å². The maximum atomic E-state index is 12.7. The number of hydrogen-bond donors (Lipinski definition) is 0. The normalized spacial score (nSPS) is 25.8. The third-order valence-electron chi connectivity index (χ3n) is 2.44. The molecule has 0 aromatic rings. The molecule has 0 N–H and O–H groups in total. The standard InChI is InChI=1S/C9H17F2N/c1-8(2,3)12-6-4-9(10,11)5-7-12/h4-7H2,1-3H3. The van der Waals surface area contributed by atoms with Gasteiger partial charge in [-0.25, -0.2) is 8.78 Å². The Hall–Kier alpha value is -0.180. The van der Waals surface area contributed by atoms with Crippen molar-refractivity contribution in [3.05, 3.63) is 0 Å². The van der Waals surface area contributed by atoms with Crippen LogP contribution in [0, 0.1) is 0 Å². The second kappa shape index (κ2) is 2.95. The first-order valence-corrected chi connectivity index (χ1v) is 4.44. The van der Waals surface area contributed by atoms with Crippen LogP contribution in [-0.2, 0) is 0 Å². The van der Waals surface area contributed by atoms with E-state index in [2.05, 4.69) is 25.7 Å². The maximum absolute atomic E-state index is 12.7. The summed E-state index contributed by atoms with van der Waals surface area (Å²) in [7, 11) is 0. The molecule has 1 heterocycles. The van der Waals surface area contributed by atoms with Crippen LogP contribution in [0.1, 0.15) is 33.6 Å². The van der Waals surface area contributed by atoms with Gasteiger partial charge in [0.15, 0.2) is 0 Å². The smallest absolute Gasteiger partial charge is 0.250 e. The summed E-state index contributed by atoms with van der Waals surface area (Å²) in [6.45, 7) is 7.25. The molecule has 1 fully saturated rings. The molecule has 1 rings (SSSR count). The van der Waals surface area contributed by atoms with E-state index in [-0.39, 0.29) is 18.4 Å². The first-order valence-electron chi connectivity index (χ1n) is 4.44. The van der Waals surface area contributed by atoms with E-state index in [9.17, 15) is 8.78 Å². The van der Waals surface area contributed by atoms with E-state index in [1.54, 1.807) is 0 Å². The lowest BCUT2D eigenvalue weighted by atomic mass is 9.99. The monoisotopic (exact) mass is 177 g/mol. The SMILES string of the molecule is CC(C)(C)N1CCC(F)(F)CC1. The largest absolute Gasteiger partial charge is 0.298 e. The molecule has 1 aliphatic rings. The van der Waals surface area contributed by atoms with Gasteiger partial charge in [-0.15, -0.1) is 0 Å². The maximum Gasteiger partial charge on any atom is 0.250 e. The van der Waals surface area contributed by atoms with Crippen LogP contribution in [0.4, 0.5) is 8.78 Å². The molecule has 72 valence electrons. The number of hydrogen-bond acceptors (Lipinski definition) is 1. The number of rotatable bonds is 0. The van der Waals surface area contributed by atoms with Crippen LogP contribution in [0.5, 0.6) is 0 Å². The van der Waals surface area contributed by atoms with Crippen molar-refractivity contribution < 1.29 is 8.78 Å². The highest BCUT2D eigenvalue weighted by Gasteiger charge is 2.36. The average molecular weight is 177 g/mol. The lowest BCUT2D eigenvalue weighted by Crippen LogP contribution is -2.48. The predicted octanol–water partition coefficient (Wildman–Crippen LogP) is 2.52. The Balaban J connectivity index is 2.47. The Kier molecular flexibility index (Phi) is 2.43. The molecule has 1 saturated heterocycles. The van der Waals surface area contributed by atoms with Crippen LogP contribution in [0.15, 0.2) is 0 Å². The summed E-state index contributed by atoms with van der Waals surface area (Å²) >= 11 is 0. The number of nitrogens with zero attached hydrogens (tertiary/aromatic N) is 1. The predicted molar refractivity (Wildman–Crippen MR) is 45.5 cm³/mol. The van der Waals surface area contributed by atoms with E-state index >= 15 is 0 Å². The van der Waals surface area contributed by atoms with Gasteiger partial charge in [0.05, 0.1) is 0 Å². The van der Waals surface area contributed by atoms with Crippen LogP contribution >= 0.6 is 0 Å². The summed E-state index contributed by atoms with van der Waals surface area (Å²) in [6.07, 6.45) is 0.0362. The van der Waals surface area contributed by atoms with E-state index in [1.165, 1.54) is 0 Å². The summed E-state index contributed by atoms with van der Waals surface area (Å²) in [5.74, 6) is -2.41. The number of piperidine rings is 1. The van der Waals surface area contributed by atoms with Crippen LogP contribution in [0.3, 0.4) is 0 Å². The molecule has 0 amide bonds. The third-order valence-corrected chi connectivity index (χ3v) is 2.44. The Bertz CT molecular complexity index is 150. The minimum absolute atomic E-state index is 0.0181. The molecule has 3 heteroatoms. The lowest BCUT2D eigenvalue weighted by molar-refractivity contribution is -0.0712. The van der Waals surface area contributed by atoms with Gasteiger partial charge in [-0.1, -0.05) is 0 Å². The first kappa shape index (κ1) is 9.90. The van der Waals surface area contributed by atoms with Crippen molar-refractivity contribution >= 4 is 0 Å². The lowest BCUT2D eigenvalue weighted by Gasteiger charge is -2.40. The van der Waals surface area contributed by atoms with E-state index in [0.29, 0.717) is 13.1 Å². The zero-order chi connectivity index (χ0) is 9.41. The quantitative estimate of drug-likeness (QED) is 0.549. The molecular formula is C9H17F2N. The Labute approximate surface area is 72.7 Å². The summed E-state index contributed by atoms with van der Waals surface area (Å²) in [6, 6.07) is 0. The molecule has 0 atom stereocenters. The number of halogens is 2. The summed E-state index contributed by atoms with van der Waals surface area (Å²) < 4.78 is 25.5. The molecule has 0 aromatic heterocycles. The molecule has 0 unspecified atom stereocenters. The Morgan fingerprint density at radius 1 is 1.08 bits per heavy atom.